The van der Waals surface area contributed by atoms with Crippen molar-refractivity contribution < 1.29 is 19.6 Å². The average Bonchev–Trinajstić information content (AvgIpc) is 2.95. The zero-order valence-corrected chi connectivity index (χ0v) is 21.7. The predicted octanol–water partition coefficient (Wildman–Crippen LogP) is 4.03. The quantitative estimate of drug-likeness (QED) is 0.166. The Hall–Kier alpha value is -4.27. The van der Waals surface area contributed by atoms with E-state index in [0.29, 0.717) is 12.1 Å². The lowest BCUT2D eigenvalue weighted by Crippen LogP contribution is -2.44. The Balaban J connectivity index is 1.74. The summed E-state index contributed by atoms with van der Waals surface area (Å²) in [6, 6.07) is 22.7. The maximum Gasteiger partial charge on any atom is 0.274 e. The van der Waals surface area contributed by atoms with Crippen LogP contribution in [0, 0.1) is 0 Å². The number of hydrogen-bond acceptors (Lipinski definition) is 5. The summed E-state index contributed by atoms with van der Waals surface area (Å²) in [7, 11) is 0. The molecule has 38 heavy (non-hydrogen) atoms. The summed E-state index contributed by atoms with van der Waals surface area (Å²) in [4.78, 5) is 39.8. The summed E-state index contributed by atoms with van der Waals surface area (Å²) >= 11 is 0. The molecule has 8 nitrogen and oxygen atoms in total. The van der Waals surface area contributed by atoms with Crippen molar-refractivity contribution >= 4 is 29.5 Å². The molecule has 0 radical (unpaired) electrons. The zero-order chi connectivity index (χ0) is 27.3. The Morgan fingerprint density at radius 2 is 1.50 bits per heavy atom. The smallest absolute Gasteiger partial charge is 0.274 e. The van der Waals surface area contributed by atoms with E-state index in [1.54, 1.807) is 23.7 Å². The van der Waals surface area contributed by atoms with E-state index in [-0.39, 0.29) is 11.5 Å². The molecular weight excluding hydrogens is 480 g/mol. The van der Waals surface area contributed by atoms with Crippen molar-refractivity contribution in [3.8, 4) is 0 Å². The standard InChI is InChI=1S/C30H34N4O4/c1-3-34(4-2)21-24-12-10-23(11-13-24)20-27(32-28(35)19-14-22-8-6-5-7-9-22)30(37)31-26-17-15-25(16-18-26)29(36)33-38/h5-19,27,38H,3-4,20-21H2,1-2H3,(H,31,37)(H,32,35)(H,33,36)/b19-14+/t27-/m0/s1. The van der Waals surface area contributed by atoms with Gasteiger partial charge in [-0.15, -0.1) is 0 Å². The van der Waals surface area contributed by atoms with E-state index in [9.17, 15) is 14.4 Å². The van der Waals surface area contributed by atoms with Gasteiger partial charge in [0.1, 0.15) is 6.04 Å². The number of nitrogens with zero attached hydrogens (tertiary/aromatic N) is 1. The van der Waals surface area contributed by atoms with E-state index >= 15 is 0 Å². The van der Waals surface area contributed by atoms with Crippen molar-refractivity contribution in [2.75, 3.05) is 18.4 Å². The maximum absolute atomic E-state index is 13.2. The second-order valence-corrected chi connectivity index (χ2v) is 8.79. The molecule has 3 aromatic carbocycles. The van der Waals surface area contributed by atoms with Crippen LogP contribution in [0.4, 0.5) is 5.69 Å². The highest BCUT2D eigenvalue weighted by Gasteiger charge is 2.21. The van der Waals surface area contributed by atoms with E-state index < -0.39 is 17.9 Å². The van der Waals surface area contributed by atoms with E-state index in [2.05, 4.69) is 29.4 Å². The van der Waals surface area contributed by atoms with Gasteiger partial charge in [0.05, 0.1) is 0 Å². The molecule has 1 atom stereocenters. The molecule has 0 aliphatic rings. The van der Waals surface area contributed by atoms with Crippen molar-refractivity contribution in [3.63, 3.8) is 0 Å². The molecule has 8 heteroatoms. The molecule has 0 unspecified atom stereocenters. The molecule has 3 aromatic rings. The van der Waals surface area contributed by atoms with Crippen molar-refractivity contribution in [3.05, 3.63) is 107 Å². The predicted molar refractivity (Wildman–Crippen MR) is 149 cm³/mol. The summed E-state index contributed by atoms with van der Waals surface area (Å²) in [5.41, 5.74) is 5.24. The van der Waals surface area contributed by atoms with Crippen LogP contribution in [-0.2, 0) is 22.6 Å². The first-order valence-corrected chi connectivity index (χ1v) is 12.6. The topological polar surface area (TPSA) is 111 Å². The van der Waals surface area contributed by atoms with Crippen LogP contribution in [-0.4, -0.2) is 47.0 Å². The Morgan fingerprint density at radius 1 is 0.868 bits per heavy atom. The summed E-state index contributed by atoms with van der Waals surface area (Å²) in [5.74, 6) is -1.43. The summed E-state index contributed by atoms with van der Waals surface area (Å²) in [6.45, 7) is 7.04. The molecule has 0 aliphatic heterocycles. The maximum atomic E-state index is 13.2. The van der Waals surface area contributed by atoms with Crippen molar-refractivity contribution in [1.29, 1.82) is 0 Å². The highest BCUT2D eigenvalue weighted by Crippen LogP contribution is 2.13. The van der Waals surface area contributed by atoms with Gasteiger partial charge in [-0.1, -0.05) is 68.4 Å². The van der Waals surface area contributed by atoms with Gasteiger partial charge in [0.25, 0.3) is 5.91 Å². The third kappa shape index (κ3) is 8.69. The Bertz CT molecular complexity index is 1220. The van der Waals surface area contributed by atoms with Gasteiger partial charge in [-0.2, -0.15) is 0 Å². The molecule has 198 valence electrons. The van der Waals surface area contributed by atoms with Gasteiger partial charge >= 0.3 is 0 Å². The van der Waals surface area contributed by atoms with Crippen LogP contribution in [0.15, 0.2) is 84.9 Å². The lowest BCUT2D eigenvalue weighted by Gasteiger charge is -2.20. The van der Waals surface area contributed by atoms with Gasteiger partial charge in [-0.05, 0) is 60.1 Å². The minimum Gasteiger partial charge on any atom is -0.340 e. The van der Waals surface area contributed by atoms with Crippen LogP contribution in [0.5, 0.6) is 0 Å². The normalized spacial score (nSPS) is 11.8. The number of nitrogens with one attached hydrogen (secondary N) is 3. The average molecular weight is 515 g/mol. The van der Waals surface area contributed by atoms with Gasteiger partial charge in [0.2, 0.25) is 11.8 Å². The van der Waals surface area contributed by atoms with Crippen LogP contribution >= 0.6 is 0 Å². The minimum absolute atomic E-state index is 0.242. The molecule has 3 rings (SSSR count). The highest BCUT2D eigenvalue weighted by atomic mass is 16.5. The summed E-state index contributed by atoms with van der Waals surface area (Å²) in [5, 5.41) is 14.4. The van der Waals surface area contributed by atoms with Crippen LogP contribution in [0.25, 0.3) is 6.08 Å². The Labute approximate surface area is 223 Å². The van der Waals surface area contributed by atoms with Gasteiger partial charge in [-0.3, -0.25) is 24.5 Å². The summed E-state index contributed by atoms with van der Waals surface area (Å²) < 4.78 is 0. The van der Waals surface area contributed by atoms with Crippen LogP contribution in [0.3, 0.4) is 0 Å². The number of hydroxylamine groups is 1. The summed E-state index contributed by atoms with van der Waals surface area (Å²) in [6.07, 6.45) is 3.40. The lowest BCUT2D eigenvalue weighted by molar-refractivity contribution is -0.123. The molecule has 0 aliphatic carbocycles. The van der Waals surface area contributed by atoms with Gasteiger partial charge < -0.3 is 10.6 Å². The second kappa shape index (κ2) is 14.5. The first-order valence-electron chi connectivity index (χ1n) is 12.6. The number of rotatable bonds is 12. The first-order chi connectivity index (χ1) is 18.4. The van der Waals surface area contributed by atoms with Gasteiger partial charge in [0.15, 0.2) is 0 Å². The molecular formula is C30H34N4O4. The number of amides is 3. The fraction of sp³-hybridized carbons (Fsp3) is 0.233. The van der Waals surface area contributed by atoms with E-state index in [1.165, 1.54) is 23.8 Å². The number of hydrogen-bond donors (Lipinski definition) is 4. The largest absolute Gasteiger partial charge is 0.340 e. The Kier molecular flexibility index (Phi) is 10.8. The molecule has 0 aromatic heterocycles. The SMILES string of the molecule is CCN(CC)Cc1ccc(C[C@H](NC(=O)/C=C/c2ccccc2)C(=O)Nc2ccc(C(=O)NO)cc2)cc1. The number of anilines is 1. The van der Waals surface area contributed by atoms with Crippen LogP contribution < -0.4 is 16.1 Å². The minimum atomic E-state index is -0.836. The molecule has 0 saturated carbocycles. The third-order valence-corrected chi connectivity index (χ3v) is 6.14. The van der Waals surface area contributed by atoms with Gasteiger partial charge in [-0.25, -0.2) is 5.48 Å². The number of carbonyl (C=O) groups excluding carboxylic acids is 3. The van der Waals surface area contributed by atoms with E-state index in [4.69, 9.17) is 5.21 Å². The fourth-order valence-corrected chi connectivity index (χ4v) is 3.89. The van der Waals surface area contributed by atoms with Crippen LogP contribution in [0.1, 0.15) is 40.9 Å². The molecule has 0 spiro atoms. The number of carbonyl (C=O) groups is 3. The molecule has 0 heterocycles. The first kappa shape index (κ1) is 28.3. The third-order valence-electron chi connectivity index (χ3n) is 6.14. The lowest BCUT2D eigenvalue weighted by atomic mass is 10.0. The van der Waals surface area contributed by atoms with E-state index in [1.807, 2.05) is 54.6 Å². The zero-order valence-electron chi connectivity index (χ0n) is 21.7. The molecule has 3 amide bonds. The number of benzene rings is 3. The van der Waals surface area contributed by atoms with E-state index in [0.717, 1.165) is 30.8 Å². The Morgan fingerprint density at radius 3 is 2.11 bits per heavy atom. The molecule has 0 bridgehead atoms. The fourth-order valence-electron chi connectivity index (χ4n) is 3.89. The van der Waals surface area contributed by atoms with Crippen molar-refractivity contribution in [2.45, 2.75) is 32.9 Å². The molecule has 0 fully saturated rings. The second-order valence-electron chi connectivity index (χ2n) is 8.79. The van der Waals surface area contributed by atoms with Crippen LogP contribution in [0.2, 0.25) is 0 Å². The van der Waals surface area contributed by atoms with Crippen molar-refractivity contribution in [1.82, 2.24) is 15.7 Å². The monoisotopic (exact) mass is 514 g/mol. The highest BCUT2D eigenvalue weighted by molar-refractivity contribution is 6.00. The molecule has 0 saturated heterocycles. The van der Waals surface area contributed by atoms with Gasteiger partial charge in [0, 0.05) is 30.3 Å². The van der Waals surface area contributed by atoms with Crippen molar-refractivity contribution in [2.24, 2.45) is 0 Å². The molecule has 4 N–H and O–H groups in total.